The Labute approximate surface area is 159 Å². The van der Waals surface area contributed by atoms with E-state index in [-0.39, 0.29) is 23.8 Å². The monoisotopic (exact) mass is 377 g/mol. The highest BCUT2D eigenvalue weighted by Crippen LogP contribution is 2.45. The molecule has 1 heterocycles. The number of nitrogens with zero attached hydrogens (tertiary/aromatic N) is 3. The predicted octanol–water partition coefficient (Wildman–Crippen LogP) is 3.72. The quantitative estimate of drug-likeness (QED) is 0.760. The number of nitriles is 2. The molecule has 0 aromatic heterocycles. The van der Waals surface area contributed by atoms with Crippen LogP contribution in [0.2, 0.25) is 0 Å². The lowest BCUT2D eigenvalue weighted by Crippen LogP contribution is -2.32. The molecule has 1 aliphatic rings. The zero-order valence-electron chi connectivity index (χ0n) is 14.9. The van der Waals surface area contributed by atoms with Gasteiger partial charge >= 0.3 is 0 Å². The lowest BCUT2D eigenvalue weighted by molar-refractivity contribution is 0.349. The van der Waals surface area contributed by atoms with Crippen LogP contribution < -0.4 is 0 Å². The Morgan fingerprint density at radius 3 is 2.37 bits per heavy atom. The maximum Gasteiger partial charge on any atom is 0.243 e. The molecule has 27 heavy (non-hydrogen) atoms. The molecular formula is C21H19N3O2S. The van der Waals surface area contributed by atoms with E-state index in [0.29, 0.717) is 5.57 Å². The zero-order valence-corrected chi connectivity index (χ0v) is 15.7. The molecule has 2 aromatic rings. The summed E-state index contributed by atoms with van der Waals surface area (Å²) in [5.74, 6) is -0.350. The van der Waals surface area contributed by atoms with Gasteiger partial charge in [-0.05, 0) is 30.2 Å². The predicted molar refractivity (Wildman–Crippen MR) is 102 cm³/mol. The van der Waals surface area contributed by atoms with E-state index in [9.17, 15) is 13.7 Å². The summed E-state index contributed by atoms with van der Waals surface area (Å²) < 4.78 is 28.1. The fourth-order valence-electron chi connectivity index (χ4n) is 3.50. The third-order valence-electron chi connectivity index (χ3n) is 4.84. The molecule has 1 saturated heterocycles. The second kappa shape index (κ2) is 7.75. The normalized spacial score (nSPS) is 21.7. The summed E-state index contributed by atoms with van der Waals surface area (Å²) in [5, 5.41) is 18.4. The first kappa shape index (κ1) is 18.8. The largest absolute Gasteiger partial charge is 0.243 e. The first-order chi connectivity index (χ1) is 13.0. The van der Waals surface area contributed by atoms with Gasteiger partial charge in [0.1, 0.15) is 0 Å². The SMILES string of the molecule is Cc1ccc(S(=O)(=O)N2C/C(=C/C#N)C(CC#N)C2c2ccccc2)cc1. The Kier molecular flexibility index (Phi) is 5.41. The smallest absolute Gasteiger partial charge is 0.207 e. The molecule has 0 spiro atoms. The van der Waals surface area contributed by atoms with Crippen molar-refractivity contribution in [3.05, 3.63) is 77.4 Å². The van der Waals surface area contributed by atoms with Crippen molar-refractivity contribution in [2.75, 3.05) is 6.54 Å². The number of hydrogen-bond acceptors (Lipinski definition) is 4. The second-order valence-corrected chi connectivity index (χ2v) is 8.43. The number of aryl methyl sites for hydroxylation is 1. The Morgan fingerprint density at radius 1 is 1.11 bits per heavy atom. The summed E-state index contributed by atoms with van der Waals surface area (Å²) in [6, 6.07) is 19.6. The summed E-state index contributed by atoms with van der Waals surface area (Å²) >= 11 is 0. The minimum absolute atomic E-state index is 0.107. The molecule has 6 heteroatoms. The molecule has 5 nitrogen and oxygen atoms in total. The third kappa shape index (κ3) is 3.64. The molecule has 0 radical (unpaired) electrons. The molecule has 1 aliphatic heterocycles. The molecule has 136 valence electrons. The molecule has 2 aromatic carbocycles. The number of hydrogen-bond donors (Lipinski definition) is 0. The molecular weight excluding hydrogens is 358 g/mol. The van der Waals surface area contributed by atoms with Crippen molar-refractivity contribution in [2.24, 2.45) is 5.92 Å². The van der Waals surface area contributed by atoms with E-state index in [1.807, 2.05) is 43.3 Å². The molecule has 3 rings (SSSR count). The van der Waals surface area contributed by atoms with Gasteiger partial charge in [0.25, 0.3) is 0 Å². The van der Waals surface area contributed by atoms with E-state index in [2.05, 4.69) is 6.07 Å². The Morgan fingerprint density at radius 2 is 1.78 bits per heavy atom. The molecule has 0 bridgehead atoms. The van der Waals surface area contributed by atoms with E-state index in [0.717, 1.165) is 11.1 Å². The summed E-state index contributed by atoms with van der Waals surface area (Å²) in [5.41, 5.74) is 2.46. The van der Waals surface area contributed by atoms with E-state index >= 15 is 0 Å². The van der Waals surface area contributed by atoms with Gasteiger partial charge in [0.15, 0.2) is 0 Å². The average Bonchev–Trinajstić information content (AvgIpc) is 3.03. The molecule has 0 aliphatic carbocycles. The van der Waals surface area contributed by atoms with Gasteiger partial charge < -0.3 is 0 Å². The summed E-state index contributed by atoms with van der Waals surface area (Å²) in [4.78, 5) is 0.211. The highest BCUT2D eigenvalue weighted by Gasteiger charge is 2.45. The van der Waals surface area contributed by atoms with Crippen molar-refractivity contribution >= 4 is 10.0 Å². The Balaban J connectivity index is 2.14. The lowest BCUT2D eigenvalue weighted by Gasteiger charge is -2.27. The van der Waals surface area contributed by atoms with Gasteiger partial charge in [-0.2, -0.15) is 14.8 Å². The van der Waals surface area contributed by atoms with Crippen LogP contribution in [0.15, 0.2) is 71.1 Å². The van der Waals surface area contributed by atoms with Gasteiger partial charge in [-0.25, -0.2) is 8.42 Å². The maximum absolute atomic E-state index is 13.4. The van der Waals surface area contributed by atoms with Crippen molar-refractivity contribution in [1.29, 1.82) is 10.5 Å². The van der Waals surface area contributed by atoms with Crippen molar-refractivity contribution in [3.8, 4) is 12.1 Å². The lowest BCUT2D eigenvalue weighted by atomic mass is 9.88. The standard InChI is InChI=1S/C21H19N3O2S/c1-16-7-9-19(10-8-16)27(25,26)24-15-18(11-13-22)20(12-14-23)21(24)17-5-3-2-4-6-17/h2-11,20-21H,12,15H2,1H3/b18-11-. The summed E-state index contributed by atoms with van der Waals surface area (Å²) in [7, 11) is -3.78. The van der Waals surface area contributed by atoms with Crippen LogP contribution in [0.3, 0.4) is 0 Å². The zero-order chi connectivity index (χ0) is 19.4. The molecule has 2 atom stereocenters. The fourth-order valence-corrected chi connectivity index (χ4v) is 5.14. The van der Waals surface area contributed by atoms with Crippen LogP contribution in [-0.2, 0) is 10.0 Å². The maximum atomic E-state index is 13.4. The summed E-state index contributed by atoms with van der Waals surface area (Å²) in [6.45, 7) is 2.01. The Bertz CT molecular complexity index is 1030. The number of sulfonamides is 1. The van der Waals surface area contributed by atoms with Crippen LogP contribution in [-0.4, -0.2) is 19.3 Å². The van der Waals surface area contributed by atoms with Crippen molar-refractivity contribution < 1.29 is 8.42 Å². The minimum Gasteiger partial charge on any atom is -0.207 e. The van der Waals surface area contributed by atoms with Crippen LogP contribution in [0.4, 0.5) is 0 Å². The van der Waals surface area contributed by atoms with E-state index < -0.39 is 16.1 Å². The van der Waals surface area contributed by atoms with Crippen LogP contribution in [0, 0.1) is 35.5 Å². The van der Waals surface area contributed by atoms with Crippen molar-refractivity contribution in [1.82, 2.24) is 4.31 Å². The van der Waals surface area contributed by atoms with Gasteiger partial charge in [0.05, 0.1) is 23.1 Å². The highest BCUT2D eigenvalue weighted by atomic mass is 32.2. The first-order valence-electron chi connectivity index (χ1n) is 8.58. The van der Waals surface area contributed by atoms with Gasteiger partial charge in [-0.1, -0.05) is 48.0 Å². The number of benzene rings is 2. The topological polar surface area (TPSA) is 85.0 Å². The van der Waals surface area contributed by atoms with Crippen molar-refractivity contribution in [2.45, 2.75) is 24.3 Å². The van der Waals surface area contributed by atoms with Gasteiger partial charge in [-0.15, -0.1) is 0 Å². The first-order valence-corrected chi connectivity index (χ1v) is 10.0. The highest BCUT2D eigenvalue weighted by molar-refractivity contribution is 7.89. The van der Waals surface area contributed by atoms with E-state index in [1.54, 1.807) is 24.3 Å². The molecule has 0 saturated carbocycles. The van der Waals surface area contributed by atoms with Gasteiger partial charge in [0, 0.05) is 25.0 Å². The fraction of sp³-hybridized carbons (Fsp3) is 0.238. The Hall–Kier alpha value is -2.93. The van der Waals surface area contributed by atoms with E-state index in [4.69, 9.17) is 5.26 Å². The second-order valence-electron chi connectivity index (χ2n) is 6.54. The number of allylic oxidation sites excluding steroid dienone is 1. The molecule has 0 N–H and O–H groups in total. The van der Waals surface area contributed by atoms with Crippen LogP contribution >= 0.6 is 0 Å². The van der Waals surface area contributed by atoms with Gasteiger partial charge in [-0.3, -0.25) is 0 Å². The van der Waals surface area contributed by atoms with Crippen LogP contribution in [0.1, 0.15) is 23.6 Å². The van der Waals surface area contributed by atoms with Crippen LogP contribution in [0.5, 0.6) is 0 Å². The van der Waals surface area contributed by atoms with Crippen molar-refractivity contribution in [3.63, 3.8) is 0 Å². The minimum atomic E-state index is -3.78. The van der Waals surface area contributed by atoms with Crippen LogP contribution in [0.25, 0.3) is 0 Å². The molecule has 0 amide bonds. The third-order valence-corrected chi connectivity index (χ3v) is 6.68. The van der Waals surface area contributed by atoms with E-state index in [1.165, 1.54) is 10.4 Å². The van der Waals surface area contributed by atoms with Gasteiger partial charge in [0.2, 0.25) is 10.0 Å². The molecule has 1 fully saturated rings. The summed E-state index contributed by atoms with van der Waals surface area (Å²) in [6.07, 6.45) is 1.52. The number of rotatable bonds is 4. The average molecular weight is 377 g/mol. The molecule has 2 unspecified atom stereocenters.